The molecule has 0 spiro atoms. The Hall–Kier alpha value is -3.14. The summed E-state index contributed by atoms with van der Waals surface area (Å²) in [7, 11) is 0. The Morgan fingerprint density at radius 2 is 1.75 bits per heavy atom. The second-order valence-corrected chi connectivity index (χ2v) is 5.89. The van der Waals surface area contributed by atoms with Crippen LogP contribution in [0.1, 0.15) is 17.1 Å². The van der Waals surface area contributed by atoms with E-state index in [1.165, 1.54) is 5.56 Å². The van der Waals surface area contributed by atoms with Gasteiger partial charge in [-0.2, -0.15) is 0 Å². The van der Waals surface area contributed by atoms with E-state index < -0.39 is 0 Å². The third-order valence-electron chi connectivity index (χ3n) is 4.13. The molecule has 0 atom stereocenters. The Bertz CT molecular complexity index is 970. The van der Waals surface area contributed by atoms with Crippen LogP contribution >= 0.6 is 0 Å². The summed E-state index contributed by atoms with van der Waals surface area (Å²) >= 11 is 0. The lowest BCUT2D eigenvalue weighted by molar-refractivity contribution is 0.736. The summed E-state index contributed by atoms with van der Waals surface area (Å²) in [4.78, 5) is 9.24. The van der Waals surface area contributed by atoms with Gasteiger partial charge < -0.3 is 10.3 Å². The number of hydrogen-bond donors (Lipinski definition) is 1. The zero-order chi connectivity index (χ0) is 16.4. The summed E-state index contributed by atoms with van der Waals surface area (Å²) in [5.41, 5.74) is 9.78. The van der Waals surface area contributed by atoms with E-state index in [4.69, 9.17) is 10.7 Å². The molecule has 4 aromatic rings. The summed E-state index contributed by atoms with van der Waals surface area (Å²) in [6.07, 6.45) is 4.56. The van der Waals surface area contributed by atoms with Crippen molar-refractivity contribution in [2.75, 3.05) is 5.73 Å². The number of pyridine rings is 1. The molecule has 2 aromatic heterocycles. The molecule has 0 saturated heterocycles. The van der Waals surface area contributed by atoms with E-state index in [0.717, 1.165) is 34.7 Å². The van der Waals surface area contributed by atoms with Gasteiger partial charge in [0.05, 0.1) is 5.52 Å². The fourth-order valence-electron chi connectivity index (χ4n) is 2.84. The van der Waals surface area contributed by atoms with E-state index in [1.54, 1.807) is 0 Å². The van der Waals surface area contributed by atoms with Crippen molar-refractivity contribution in [1.82, 2.24) is 14.5 Å². The first-order chi connectivity index (χ1) is 11.8. The van der Waals surface area contributed by atoms with Gasteiger partial charge in [0, 0.05) is 42.1 Å². The number of anilines is 1. The molecular weight excluding hydrogens is 296 g/mol. The molecule has 4 rings (SSSR count). The average molecular weight is 314 g/mol. The Kier molecular flexibility index (Phi) is 3.71. The summed E-state index contributed by atoms with van der Waals surface area (Å²) in [6.45, 7) is 0.781. The van der Waals surface area contributed by atoms with Crippen molar-refractivity contribution in [3.8, 4) is 0 Å². The quantitative estimate of drug-likeness (QED) is 0.585. The summed E-state index contributed by atoms with van der Waals surface area (Å²) in [5.74, 6) is 1.01. The Labute approximate surface area is 140 Å². The summed E-state index contributed by atoms with van der Waals surface area (Å²) < 4.78 is 2.16. The van der Waals surface area contributed by atoms with Crippen LogP contribution in [-0.2, 0) is 13.0 Å². The summed E-state index contributed by atoms with van der Waals surface area (Å²) in [6, 6.07) is 20.3. The highest BCUT2D eigenvalue weighted by Gasteiger charge is 2.07. The van der Waals surface area contributed by atoms with Gasteiger partial charge >= 0.3 is 0 Å². The van der Waals surface area contributed by atoms with Crippen molar-refractivity contribution in [2.45, 2.75) is 13.0 Å². The predicted octanol–water partition coefficient (Wildman–Crippen LogP) is 3.65. The molecule has 0 saturated carbocycles. The highest BCUT2D eigenvalue weighted by atomic mass is 15.1. The van der Waals surface area contributed by atoms with Gasteiger partial charge in [0.1, 0.15) is 5.82 Å². The van der Waals surface area contributed by atoms with Gasteiger partial charge in [0.25, 0.3) is 0 Å². The van der Waals surface area contributed by atoms with E-state index in [1.807, 2.05) is 54.9 Å². The lowest BCUT2D eigenvalue weighted by Crippen LogP contribution is -2.06. The molecule has 2 aromatic carbocycles. The minimum atomic E-state index is 0.715. The van der Waals surface area contributed by atoms with E-state index in [-0.39, 0.29) is 0 Å². The molecule has 118 valence electrons. The SMILES string of the molecule is Nc1ccc(Cn2ccnc2Cc2ccc3ccccc3n2)cc1. The third-order valence-corrected chi connectivity index (χ3v) is 4.13. The molecule has 0 aliphatic heterocycles. The lowest BCUT2D eigenvalue weighted by atomic mass is 10.1. The van der Waals surface area contributed by atoms with Gasteiger partial charge in [-0.15, -0.1) is 0 Å². The molecule has 2 heterocycles. The van der Waals surface area contributed by atoms with Crippen LogP contribution < -0.4 is 5.73 Å². The van der Waals surface area contributed by atoms with Crippen LogP contribution in [0.5, 0.6) is 0 Å². The number of nitrogens with two attached hydrogens (primary N) is 1. The monoisotopic (exact) mass is 314 g/mol. The minimum Gasteiger partial charge on any atom is -0.399 e. The number of rotatable bonds is 4. The number of nitrogen functional groups attached to an aromatic ring is 1. The predicted molar refractivity (Wildman–Crippen MR) is 96.7 cm³/mol. The highest BCUT2D eigenvalue weighted by molar-refractivity contribution is 5.78. The van der Waals surface area contributed by atoms with Crippen LogP contribution in [0.4, 0.5) is 5.69 Å². The molecule has 0 fully saturated rings. The maximum absolute atomic E-state index is 5.75. The first-order valence-corrected chi connectivity index (χ1v) is 7.97. The van der Waals surface area contributed by atoms with E-state index in [0.29, 0.717) is 6.42 Å². The van der Waals surface area contributed by atoms with Gasteiger partial charge in [0.15, 0.2) is 0 Å². The number of para-hydroxylation sites is 1. The molecule has 0 radical (unpaired) electrons. The van der Waals surface area contributed by atoms with Crippen molar-refractivity contribution in [3.05, 3.63) is 90.1 Å². The second-order valence-electron chi connectivity index (χ2n) is 5.89. The number of nitrogens with zero attached hydrogens (tertiary/aromatic N) is 3. The Morgan fingerprint density at radius 3 is 2.62 bits per heavy atom. The second kappa shape index (κ2) is 6.16. The Balaban J connectivity index is 1.58. The molecule has 4 nitrogen and oxygen atoms in total. The number of aromatic nitrogens is 3. The topological polar surface area (TPSA) is 56.7 Å². The van der Waals surface area contributed by atoms with Crippen LogP contribution in [0.3, 0.4) is 0 Å². The van der Waals surface area contributed by atoms with Crippen LogP contribution in [0.15, 0.2) is 73.1 Å². The largest absolute Gasteiger partial charge is 0.399 e. The fourth-order valence-corrected chi connectivity index (χ4v) is 2.84. The molecular formula is C20H18N4. The summed E-state index contributed by atoms with van der Waals surface area (Å²) in [5, 5.41) is 1.16. The molecule has 0 bridgehead atoms. The van der Waals surface area contributed by atoms with Crippen molar-refractivity contribution in [2.24, 2.45) is 0 Å². The number of hydrogen-bond acceptors (Lipinski definition) is 3. The van der Waals surface area contributed by atoms with Crippen molar-refractivity contribution in [1.29, 1.82) is 0 Å². The number of imidazole rings is 1. The maximum atomic E-state index is 5.75. The molecule has 0 unspecified atom stereocenters. The fraction of sp³-hybridized carbons (Fsp3) is 0.100. The van der Waals surface area contributed by atoms with Crippen molar-refractivity contribution < 1.29 is 0 Å². The van der Waals surface area contributed by atoms with Gasteiger partial charge in [-0.05, 0) is 29.8 Å². The van der Waals surface area contributed by atoms with Crippen LogP contribution in [-0.4, -0.2) is 14.5 Å². The third kappa shape index (κ3) is 2.99. The molecule has 4 heteroatoms. The molecule has 24 heavy (non-hydrogen) atoms. The maximum Gasteiger partial charge on any atom is 0.114 e. The molecule has 0 amide bonds. The van der Waals surface area contributed by atoms with Crippen LogP contribution in [0.2, 0.25) is 0 Å². The van der Waals surface area contributed by atoms with E-state index in [9.17, 15) is 0 Å². The van der Waals surface area contributed by atoms with Crippen molar-refractivity contribution in [3.63, 3.8) is 0 Å². The first kappa shape index (κ1) is 14.5. The number of benzene rings is 2. The molecule has 0 aliphatic carbocycles. The van der Waals surface area contributed by atoms with E-state index >= 15 is 0 Å². The average Bonchev–Trinajstić information content (AvgIpc) is 3.04. The van der Waals surface area contributed by atoms with Gasteiger partial charge in [-0.1, -0.05) is 36.4 Å². The lowest BCUT2D eigenvalue weighted by Gasteiger charge is -2.09. The van der Waals surface area contributed by atoms with E-state index in [2.05, 4.69) is 27.8 Å². The van der Waals surface area contributed by atoms with Crippen LogP contribution in [0.25, 0.3) is 10.9 Å². The normalized spacial score (nSPS) is 11.0. The smallest absolute Gasteiger partial charge is 0.114 e. The van der Waals surface area contributed by atoms with Gasteiger partial charge in [-0.25, -0.2) is 4.98 Å². The molecule has 2 N–H and O–H groups in total. The van der Waals surface area contributed by atoms with Gasteiger partial charge in [-0.3, -0.25) is 4.98 Å². The zero-order valence-corrected chi connectivity index (χ0v) is 13.3. The van der Waals surface area contributed by atoms with Crippen molar-refractivity contribution >= 4 is 16.6 Å². The minimum absolute atomic E-state index is 0.715. The van der Waals surface area contributed by atoms with Crippen LogP contribution in [0, 0.1) is 0 Å². The molecule has 0 aliphatic rings. The Morgan fingerprint density at radius 1 is 0.917 bits per heavy atom. The zero-order valence-electron chi connectivity index (χ0n) is 13.3. The standard InChI is InChI=1S/C20H18N4/c21-17-8-5-15(6-9-17)14-24-12-11-22-20(24)13-18-10-7-16-3-1-2-4-19(16)23-18/h1-12H,13-14,21H2. The highest BCUT2D eigenvalue weighted by Crippen LogP contribution is 2.15. The van der Waals surface area contributed by atoms with Gasteiger partial charge in [0.2, 0.25) is 0 Å². The number of fused-ring (bicyclic) bond motifs is 1. The first-order valence-electron chi connectivity index (χ1n) is 7.97.